The van der Waals surface area contributed by atoms with E-state index in [0.29, 0.717) is 12.5 Å². The minimum atomic E-state index is 0.0272. The predicted octanol–water partition coefficient (Wildman–Crippen LogP) is 1.88. The Morgan fingerprint density at radius 1 is 1.27 bits per heavy atom. The third-order valence-electron chi connectivity index (χ3n) is 2.28. The molecule has 2 nitrogen and oxygen atoms in total. The van der Waals surface area contributed by atoms with Crippen molar-refractivity contribution in [3.63, 3.8) is 0 Å². The van der Waals surface area contributed by atoms with Crippen LogP contribution in [0.25, 0.3) is 0 Å². The van der Waals surface area contributed by atoms with Gasteiger partial charge in [0.25, 0.3) is 0 Å². The first-order chi connectivity index (χ1) is 5.34. The van der Waals surface area contributed by atoms with E-state index in [1.807, 2.05) is 0 Å². The van der Waals surface area contributed by atoms with E-state index in [1.165, 1.54) is 12.8 Å². The first kappa shape index (κ1) is 7.14. The van der Waals surface area contributed by atoms with Crippen molar-refractivity contribution in [3.8, 4) is 0 Å². The monoisotopic (exact) mass is 154 g/mol. The number of carbonyl (C=O) groups is 1. The summed E-state index contributed by atoms with van der Waals surface area (Å²) in [5.41, 5.74) is 0. The highest BCUT2D eigenvalue weighted by Crippen LogP contribution is 2.34. The Labute approximate surface area is 66.9 Å². The molecule has 2 aliphatic carbocycles. The van der Waals surface area contributed by atoms with Gasteiger partial charge in [0.2, 0.25) is 0 Å². The number of hydrogen-bond acceptors (Lipinski definition) is 2. The summed E-state index contributed by atoms with van der Waals surface area (Å²) in [4.78, 5) is 11.0. The van der Waals surface area contributed by atoms with E-state index in [1.54, 1.807) is 0 Å². The Kier molecular flexibility index (Phi) is 1.84. The zero-order valence-electron chi connectivity index (χ0n) is 6.71. The highest BCUT2D eigenvalue weighted by molar-refractivity contribution is 5.69. The minimum Gasteiger partial charge on any atom is -0.462 e. The highest BCUT2D eigenvalue weighted by Gasteiger charge is 2.27. The Hall–Kier alpha value is -0.530. The van der Waals surface area contributed by atoms with Gasteiger partial charge < -0.3 is 4.74 Å². The summed E-state index contributed by atoms with van der Waals surface area (Å²) in [5, 5.41) is 0. The molecular formula is C9H14O2. The summed E-state index contributed by atoms with van der Waals surface area (Å²) in [7, 11) is 0. The molecule has 2 saturated carbocycles. The second-order valence-corrected chi connectivity index (χ2v) is 3.67. The molecule has 0 unspecified atom stereocenters. The second-order valence-electron chi connectivity index (χ2n) is 3.67. The van der Waals surface area contributed by atoms with Crippen molar-refractivity contribution < 1.29 is 9.53 Å². The molecule has 2 rings (SSSR count). The van der Waals surface area contributed by atoms with E-state index in [2.05, 4.69) is 0 Å². The molecule has 11 heavy (non-hydrogen) atoms. The summed E-state index contributed by atoms with van der Waals surface area (Å²) >= 11 is 0. The largest absolute Gasteiger partial charge is 0.462 e. The SMILES string of the molecule is O=C(CCC1CC1)OC1CC1. The van der Waals surface area contributed by atoms with E-state index < -0.39 is 0 Å². The maximum Gasteiger partial charge on any atom is 0.306 e. The predicted molar refractivity (Wildman–Crippen MR) is 41.1 cm³/mol. The van der Waals surface area contributed by atoms with Gasteiger partial charge in [-0.1, -0.05) is 12.8 Å². The van der Waals surface area contributed by atoms with Gasteiger partial charge >= 0.3 is 5.97 Å². The maximum absolute atomic E-state index is 11.0. The first-order valence-electron chi connectivity index (χ1n) is 4.54. The topological polar surface area (TPSA) is 26.3 Å². The standard InChI is InChI=1S/C9H14O2/c10-9(11-8-4-5-8)6-3-7-1-2-7/h7-8H,1-6H2. The lowest BCUT2D eigenvalue weighted by Crippen LogP contribution is -2.05. The normalized spacial score (nSPS) is 23.3. The lowest BCUT2D eigenvalue weighted by atomic mass is 10.2. The lowest BCUT2D eigenvalue weighted by Gasteiger charge is -2.00. The van der Waals surface area contributed by atoms with E-state index in [0.717, 1.165) is 25.2 Å². The highest BCUT2D eigenvalue weighted by atomic mass is 16.5. The summed E-state index contributed by atoms with van der Waals surface area (Å²) in [6, 6.07) is 0. The number of carbonyl (C=O) groups excluding carboxylic acids is 1. The summed E-state index contributed by atoms with van der Waals surface area (Å²) in [5.74, 6) is 0.876. The molecule has 0 atom stereocenters. The Morgan fingerprint density at radius 2 is 2.00 bits per heavy atom. The van der Waals surface area contributed by atoms with Crippen molar-refractivity contribution in [1.82, 2.24) is 0 Å². The van der Waals surface area contributed by atoms with E-state index in [-0.39, 0.29) is 5.97 Å². The van der Waals surface area contributed by atoms with Crippen molar-refractivity contribution in [2.24, 2.45) is 5.92 Å². The van der Waals surface area contributed by atoms with Gasteiger partial charge in [0.1, 0.15) is 6.10 Å². The quantitative estimate of drug-likeness (QED) is 0.578. The molecule has 0 aliphatic heterocycles. The van der Waals surface area contributed by atoms with Gasteiger partial charge in [0.15, 0.2) is 0 Å². The van der Waals surface area contributed by atoms with Crippen molar-refractivity contribution in [3.05, 3.63) is 0 Å². The van der Waals surface area contributed by atoms with Gasteiger partial charge in [-0.3, -0.25) is 4.79 Å². The first-order valence-corrected chi connectivity index (χ1v) is 4.54. The Balaban J connectivity index is 1.56. The molecule has 0 N–H and O–H groups in total. The zero-order valence-corrected chi connectivity index (χ0v) is 6.71. The number of esters is 1. The van der Waals surface area contributed by atoms with Crippen LogP contribution in [-0.4, -0.2) is 12.1 Å². The molecule has 0 aromatic rings. The molecule has 2 heteroatoms. The molecule has 0 bridgehead atoms. The van der Waals surface area contributed by atoms with Crippen LogP contribution < -0.4 is 0 Å². The van der Waals surface area contributed by atoms with Crippen LogP contribution in [0.2, 0.25) is 0 Å². The molecular weight excluding hydrogens is 140 g/mol. The van der Waals surface area contributed by atoms with E-state index in [4.69, 9.17) is 4.74 Å². The van der Waals surface area contributed by atoms with Crippen molar-refractivity contribution in [2.45, 2.75) is 44.6 Å². The van der Waals surface area contributed by atoms with Crippen LogP contribution in [0.3, 0.4) is 0 Å². The maximum atomic E-state index is 11.0. The number of hydrogen-bond donors (Lipinski definition) is 0. The third kappa shape index (κ3) is 2.52. The van der Waals surface area contributed by atoms with Gasteiger partial charge in [-0.2, -0.15) is 0 Å². The minimum absolute atomic E-state index is 0.0272. The van der Waals surface area contributed by atoms with Crippen LogP contribution in [0.4, 0.5) is 0 Å². The van der Waals surface area contributed by atoms with Gasteiger partial charge in [-0.15, -0.1) is 0 Å². The average molecular weight is 154 g/mol. The van der Waals surface area contributed by atoms with Gasteiger partial charge in [0, 0.05) is 6.42 Å². The average Bonchev–Trinajstić information content (AvgIpc) is 2.80. The van der Waals surface area contributed by atoms with E-state index in [9.17, 15) is 4.79 Å². The van der Waals surface area contributed by atoms with Gasteiger partial charge in [0.05, 0.1) is 0 Å². The number of ether oxygens (including phenoxy) is 1. The van der Waals surface area contributed by atoms with Crippen LogP contribution >= 0.6 is 0 Å². The lowest BCUT2D eigenvalue weighted by molar-refractivity contribution is -0.145. The smallest absolute Gasteiger partial charge is 0.306 e. The van der Waals surface area contributed by atoms with Gasteiger partial charge in [-0.25, -0.2) is 0 Å². The van der Waals surface area contributed by atoms with Crippen molar-refractivity contribution >= 4 is 5.97 Å². The summed E-state index contributed by atoms with van der Waals surface area (Å²) < 4.78 is 5.10. The van der Waals surface area contributed by atoms with Crippen molar-refractivity contribution in [2.75, 3.05) is 0 Å². The Bertz CT molecular complexity index is 157. The zero-order chi connectivity index (χ0) is 7.68. The van der Waals surface area contributed by atoms with Crippen molar-refractivity contribution in [1.29, 1.82) is 0 Å². The summed E-state index contributed by atoms with van der Waals surface area (Å²) in [6.07, 6.45) is 6.85. The number of rotatable bonds is 4. The molecule has 0 spiro atoms. The van der Waals surface area contributed by atoms with Crippen LogP contribution in [0, 0.1) is 5.92 Å². The Morgan fingerprint density at radius 3 is 2.55 bits per heavy atom. The fraction of sp³-hybridized carbons (Fsp3) is 0.889. The summed E-state index contributed by atoms with van der Waals surface area (Å²) in [6.45, 7) is 0. The fourth-order valence-electron chi connectivity index (χ4n) is 1.16. The molecule has 0 radical (unpaired) electrons. The van der Waals surface area contributed by atoms with Crippen LogP contribution in [0.1, 0.15) is 38.5 Å². The molecule has 62 valence electrons. The van der Waals surface area contributed by atoms with Crippen LogP contribution in [-0.2, 0) is 9.53 Å². The molecule has 0 aromatic heterocycles. The van der Waals surface area contributed by atoms with E-state index >= 15 is 0 Å². The second kappa shape index (κ2) is 2.84. The molecule has 0 saturated heterocycles. The molecule has 2 fully saturated rings. The molecule has 2 aliphatic rings. The van der Waals surface area contributed by atoms with Gasteiger partial charge in [-0.05, 0) is 25.2 Å². The van der Waals surface area contributed by atoms with Crippen LogP contribution in [0.15, 0.2) is 0 Å². The fourth-order valence-corrected chi connectivity index (χ4v) is 1.16. The molecule has 0 aromatic carbocycles. The molecule has 0 amide bonds. The third-order valence-corrected chi connectivity index (χ3v) is 2.28. The molecule has 0 heterocycles. The van der Waals surface area contributed by atoms with Crippen LogP contribution in [0.5, 0.6) is 0 Å².